The molecule has 1 aliphatic rings. The molecule has 0 fully saturated rings. The Morgan fingerprint density at radius 3 is 2.67 bits per heavy atom. The smallest absolute Gasteiger partial charge is 0.191 e. The highest BCUT2D eigenvalue weighted by Gasteiger charge is 2.19. The summed E-state index contributed by atoms with van der Waals surface area (Å²) in [6.45, 7) is 11.1. The largest absolute Gasteiger partial charge is 0.390 e. The zero-order valence-corrected chi connectivity index (χ0v) is 20.1. The topological polar surface area (TPSA) is 59.9 Å². The van der Waals surface area contributed by atoms with Crippen LogP contribution in [0.15, 0.2) is 29.3 Å². The minimum atomic E-state index is -0.419. The van der Waals surface area contributed by atoms with Crippen molar-refractivity contribution >= 4 is 41.7 Å². The van der Waals surface area contributed by atoms with Crippen molar-refractivity contribution in [3.63, 3.8) is 0 Å². The van der Waals surface area contributed by atoms with E-state index in [9.17, 15) is 5.11 Å². The van der Waals surface area contributed by atoms with Gasteiger partial charge in [-0.15, -0.1) is 24.0 Å². The number of rotatable bonds is 8. The number of thioether (sulfide) groups is 1. The van der Waals surface area contributed by atoms with Gasteiger partial charge in [-0.2, -0.15) is 11.8 Å². The Morgan fingerprint density at radius 1 is 1.30 bits per heavy atom. The van der Waals surface area contributed by atoms with Gasteiger partial charge in [0.15, 0.2) is 5.96 Å². The molecule has 1 unspecified atom stereocenters. The number of aliphatic hydroxyl groups is 1. The highest BCUT2D eigenvalue weighted by atomic mass is 127. The summed E-state index contributed by atoms with van der Waals surface area (Å²) in [5.41, 5.74) is 2.82. The Morgan fingerprint density at radius 2 is 2.00 bits per heavy atom. The Bertz CT molecular complexity index is 597. The monoisotopic (exact) mass is 506 g/mol. The van der Waals surface area contributed by atoms with Crippen LogP contribution in [0.5, 0.6) is 0 Å². The molecule has 0 amide bonds. The summed E-state index contributed by atoms with van der Waals surface area (Å²) in [7, 11) is 0. The Hall–Kier alpha value is -0.510. The molecule has 1 atom stereocenters. The molecule has 7 heteroatoms. The first-order valence-corrected chi connectivity index (χ1v) is 10.7. The van der Waals surface area contributed by atoms with Crippen molar-refractivity contribution in [3.8, 4) is 0 Å². The summed E-state index contributed by atoms with van der Waals surface area (Å²) in [4.78, 5) is 6.98. The highest BCUT2D eigenvalue weighted by molar-refractivity contribution is 14.0. The van der Waals surface area contributed by atoms with Crippen LogP contribution in [-0.2, 0) is 13.0 Å². The maximum atomic E-state index is 10.4. The SMILES string of the molecule is CCNC(=NCC(C)(C)SC)NCC(O)CN1CCc2ccccc2C1.I. The maximum absolute atomic E-state index is 10.4. The molecule has 1 aromatic rings. The third-order valence-corrected chi connectivity index (χ3v) is 5.93. The lowest BCUT2D eigenvalue weighted by Crippen LogP contribution is -2.45. The van der Waals surface area contributed by atoms with Crippen molar-refractivity contribution in [1.82, 2.24) is 15.5 Å². The van der Waals surface area contributed by atoms with Crippen molar-refractivity contribution in [2.24, 2.45) is 4.99 Å². The quantitative estimate of drug-likeness (QED) is 0.288. The highest BCUT2D eigenvalue weighted by Crippen LogP contribution is 2.21. The molecule has 2 rings (SSSR count). The van der Waals surface area contributed by atoms with E-state index in [1.54, 1.807) is 0 Å². The summed E-state index contributed by atoms with van der Waals surface area (Å²) in [5.74, 6) is 0.776. The molecule has 0 saturated heterocycles. The van der Waals surface area contributed by atoms with E-state index >= 15 is 0 Å². The van der Waals surface area contributed by atoms with Gasteiger partial charge in [0.2, 0.25) is 0 Å². The van der Waals surface area contributed by atoms with Crippen LogP contribution in [0.4, 0.5) is 0 Å². The summed E-state index contributed by atoms with van der Waals surface area (Å²) >= 11 is 1.81. The van der Waals surface area contributed by atoms with Crippen LogP contribution in [0.3, 0.4) is 0 Å². The predicted molar refractivity (Wildman–Crippen MR) is 128 cm³/mol. The lowest BCUT2D eigenvalue weighted by Gasteiger charge is -2.30. The number of halogens is 1. The van der Waals surface area contributed by atoms with Crippen LogP contribution in [0.25, 0.3) is 0 Å². The second-order valence-electron chi connectivity index (χ2n) is 7.45. The average molecular weight is 506 g/mol. The third-order valence-electron chi connectivity index (χ3n) is 4.70. The Labute approximate surface area is 185 Å². The van der Waals surface area contributed by atoms with Crippen molar-refractivity contribution in [1.29, 1.82) is 0 Å². The summed E-state index contributed by atoms with van der Waals surface area (Å²) < 4.78 is 0.113. The first kappa shape index (κ1) is 24.5. The lowest BCUT2D eigenvalue weighted by atomic mass is 10.00. The number of aliphatic hydroxyl groups excluding tert-OH is 1. The van der Waals surface area contributed by atoms with Gasteiger partial charge in [0, 0.05) is 37.5 Å². The molecule has 1 aromatic carbocycles. The van der Waals surface area contributed by atoms with Crippen LogP contribution in [0.1, 0.15) is 31.9 Å². The Kier molecular flexibility index (Phi) is 11.0. The van der Waals surface area contributed by atoms with Gasteiger partial charge in [0.1, 0.15) is 0 Å². The Balaban J connectivity index is 0.00000364. The van der Waals surface area contributed by atoms with Gasteiger partial charge >= 0.3 is 0 Å². The molecule has 0 aliphatic carbocycles. The number of nitrogens with one attached hydrogen (secondary N) is 2. The minimum absolute atomic E-state index is 0. The number of hydrogen-bond acceptors (Lipinski definition) is 4. The minimum Gasteiger partial charge on any atom is -0.390 e. The fourth-order valence-corrected chi connectivity index (χ4v) is 3.16. The van der Waals surface area contributed by atoms with Gasteiger partial charge in [-0.25, -0.2) is 0 Å². The van der Waals surface area contributed by atoms with E-state index in [0.29, 0.717) is 13.1 Å². The van der Waals surface area contributed by atoms with E-state index in [4.69, 9.17) is 0 Å². The van der Waals surface area contributed by atoms with Crippen LogP contribution in [0.2, 0.25) is 0 Å². The zero-order valence-electron chi connectivity index (χ0n) is 17.0. The van der Waals surface area contributed by atoms with Crippen molar-refractivity contribution in [2.45, 2.75) is 44.6 Å². The second-order valence-corrected chi connectivity index (χ2v) is 8.96. The second kappa shape index (κ2) is 12.1. The number of hydrogen-bond donors (Lipinski definition) is 3. The number of fused-ring (bicyclic) bond motifs is 1. The molecule has 0 aromatic heterocycles. The molecule has 154 valence electrons. The number of nitrogens with zero attached hydrogens (tertiary/aromatic N) is 2. The molecule has 0 spiro atoms. The molecule has 0 radical (unpaired) electrons. The fraction of sp³-hybridized carbons (Fsp3) is 0.650. The summed E-state index contributed by atoms with van der Waals surface area (Å²) in [6, 6.07) is 8.60. The van der Waals surface area contributed by atoms with Gasteiger partial charge in [-0.3, -0.25) is 9.89 Å². The van der Waals surface area contributed by atoms with E-state index in [1.165, 1.54) is 11.1 Å². The molecular formula is C20H35IN4OS. The van der Waals surface area contributed by atoms with Crippen molar-refractivity contribution < 1.29 is 5.11 Å². The number of benzene rings is 1. The van der Waals surface area contributed by atoms with Crippen molar-refractivity contribution in [2.75, 3.05) is 39.0 Å². The zero-order chi connectivity index (χ0) is 19.0. The van der Waals surface area contributed by atoms with E-state index in [-0.39, 0.29) is 28.7 Å². The van der Waals surface area contributed by atoms with E-state index in [0.717, 1.165) is 38.6 Å². The lowest BCUT2D eigenvalue weighted by molar-refractivity contribution is 0.108. The molecule has 1 heterocycles. The van der Waals surface area contributed by atoms with Crippen molar-refractivity contribution in [3.05, 3.63) is 35.4 Å². The average Bonchev–Trinajstić information content (AvgIpc) is 2.64. The van der Waals surface area contributed by atoms with E-state index < -0.39 is 6.10 Å². The third kappa shape index (κ3) is 8.58. The molecule has 3 N–H and O–H groups in total. The normalized spacial score (nSPS) is 16.3. The number of guanidine groups is 1. The molecule has 5 nitrogen and oxygen atoms in total. The van der Waals surface area contributed by atoms with Gasteiger partial charge in [0.05, 0.1) is 12.6 Å². The standard InChI is InChI=1S/C20H34N4OS.HI/c1-5-21-19(23-15-20(2,3)26-4)22-12-18(25)14-24-11-10-16-8-6-7-9-17(16)13-24;/h6-9,18,25H,5,10-15H2,1-4H3,(H2,21,22,23);1H. The van der Waals surface area contributed by atoms with Gasteiger partial charge in [-0.1, -0.05) is 24.3 Å². The first-order valence-electron chi connectivity index (χ1n) is 9.48. The maximum Gasteiger partial charge on any atom is 0.191 e. The number of aliphatic imine (C=N–C) groups is 1. The molecular weight excluding hydrogens is 471 g/mol. The van der Waals surface area contributed by atoms with Gasteiger partial charge in [-0.05, 0) is 44.6 Å². The molecule has 0 saturated carbocycles. The predicted octanol–water partition coefficient (Wildman–Crippen LogP) is 2.72. The van der Waals surface area contributed by atoms with E-state index in [2.05, 4.69) is 71.8 Å². The summed E-state index contributed by atoms with van der Waals surface area (Å²) in [5, 5.41) is 17.0. The first-order chi connectivity index (χ1) is 12.4. The van der Waals surface area contributed by atoms with E-state index in [1.807, 2.05) is 11.8 Å². The molecule has 27 heavy (non-hydrogen) atoms. The van der Waals surface area contributed by atoms with Gasteiger partial charge < -0.3 is 15.7 Å². The molecule has 1 aliphatic heterocycles. The van der Waals surface area contributed by atoms with Crippen LogP contribution < -0.4 is 10.6 Å². The number of β-amino-alcohol motifs (C(OH)–C–C–N with tert-alkyl or cyclic N) is 1. The van der Waals surface area contributed by atoms with Crippen LogP contribution in [-0.4, -0.2) is 65.8 Å². The van der Waals surface area contributed by atoms with Crippen LogP contribution in [0, 0.1) is 0 Å². The van der Waals surface area contributed by atoms with Crippen LogP contribution >= 0.6 is 35.7 Å². The summed E-state index contributed by atoms with van der Waals surface area (Å²) in [6.07, 6.45) is 2.75. The fourth-order valence-electron chi connectivity index (χ4n) is 2.96. The van der Waals surface area contributed by atoms with Gasteiger partial charge in [0.25, 0.3) is 0 Å². The molecule has 0 bridgehead atoms.